The third-order valence-electron chi connectivity index (χ3n) is 0.303. The van der Waals surface area contributed by atoms with Gasteiger partial charge in [0.2, 0.25) is 0 Å². The van der Waals surface area contributed by atoms with Gasteiger partial charge in [-0.3, -0.25) is 0 Å². The Bertz CT molecular complexity index is 79.4. The molecule has 0 amide bonds. The number of carboxylic acid groups (broad SMARTS) is 1. The standard InChI is InChI=1S/C4H6O2.Na.H2O/c1-2-3-4(5)6;;/h2-3H,1H3,(H,5,6);;1H2/q;+1;/p-1/b3-2+;;. The Kier molecular flexibility index (Phi) is 20.1. The molecular weight excluding hydrogens is 119 g/mol. The monoisotopic (exact) mass is 126 g/mol. The minimum atomic E-state index is -1.14. The summed E-state index contributed by atoms with van der Waals surface area (Å²) in [6, 6.07) is 0. The molecule has 42 valence electrons. The summed E-state index contributed by atoms with van der Waals surface area (Å²) >= 11 is 0. The van der Waals surface area contributed by atoms with Crippen molar-refractivity contribution in [3.8, 4) is 0 Å². The van der Waals surface area contributed by atoms with Crippen molar-refractivity contribution in [2.24, 2.45) is 0 Å². The fraction of sp³-hybridized carbons (Fsp3) is 0.250. The van der Waals surface area contributed by atoms with Gasteiger partial charge in [-0.05, 0) is 13.0 Å². The number of carbonyl (C=O) groups excluding carboxylic acids is 1. The minimum absolute atomic E-state index is 0. The van der Waals surface area contributed by atoms with Gasteiger partial charge in [0.15, 0.2) is 0 Å². The summed E-state index contributed by atoms with van der Waals surface area (Å²) in [5.74, 6) is -1.14. The van der Waals surface area contributed by atoms with Gasteiger partial charge in [0.05, 0.1) is 5.97 Å². The molecule has 3 nitrogen and oxygen atoms in total. The van der Waals surface area contributed by atoms with Crippen LogP contribution < -0.4 is 34.7 Å². The van der Waals surface area contributed by atoms with Crippen molar-refractivity contribution in [3.05, 3.63) is 12.2 Å². The van der Waals surface area contributed by atoms with E-state index in [9.17, 15) is 9.90 Å². The number of carbonyl (C=O) groups is 1. The average molecular weight is 126 g/mol. The molecule has 0 heterocycles. The summed E-state index contributed by atoms with van der Waals surface area (Å²) in [6.45, 7) is 1.62. The molecule has 0 spiro atoms. The Morgan fingerprint density at radius 1 is 1.62 bits per heavy atom. The average Bonchev–Trinajstić information content (AvgIpc) is 1.35. The summed E-state index contributed by atoms with van der Waals surface area (Å²) in [6.07, 6.45) is 2.38. The van der Waals surface area contributed by atoms with Gasteiger partial charge in [0.25, 0.3) is 0 Å². The Morgan fingerprint density at radius 2 is 2.00 bits per heavy atom. The van der Waals surface area contributed by atoms with E-state index in [1.807, 2.05) is 0 Å². The molecule has 2 N–H and O–H groups in total. The first-order valence-electron chi connectivity index (χ1n) is 1.61. The normalized spacial score (nSPS) is 7.12. The zero-order valence-electron chi connectivity index (χ0n) is 4.97. The third kappa shape index (κ3) is 16.4. The van der Waals surface area contributed by atoms with Crippen LogP contribution in [-0.4, -0.2) is 11.4 Å². The van der Waals surface area contributed by atoms with Crippen LogP contribution in [0, 0.1) is 0 Å². The van der Waals surface area contributed by atoms with Gasteiger partial charge < -0.3 is 15.4 Å². The quantitative estimate of drug-likeness (QED) is 0.262. The Morgan fingerprint density at radius 3 is 2.00 bits per heavy atom. The van der Waals surface area contributed by atoms with Crippen molar-refractivity contribution in [2.75, 3.05) is 0 Å². The predicted molar refractivity (Wildman–Crippen MR) is 23.4 cm³/mol. The second-order valence-corrected chi connectivity index (χ2v) is 0.819. The first kappa shape index (κ1) is 15.7. The van der Waals surface area contributed by atoms with Crippen LogP contribution in [0.2, 0.25) is 0 Å². The van der Waals surface area contributed by atoms with E-state index >= 15 is 0 Å². The largest absolute Gasteiger partial charge is 1.00 e. The maximum absolute atomic E-state index is 9.40. The van der Waals surface area contributed by atoms with Crippen LogP contribution in [0.3, 0.4) is 0 Å². The van der Waals surface area contributed by atoms with Gasteiger partial charge in [0.1, 0.15) is 0 Å². The molecule has 0 aromatic carbocycles. The van der Waals surface area contributed by atoms with Crippen molar-refractivity contribution in [3.63, 3.8) is 0 Å². The van der Waals surface area contributed by atoms with Gasteiger partial charge in [-0.25, -0.2) is 0 Å². The number of hydrogen-bond donors (Lipinski definition) is 0. The SMILES string of the molecule is C/C=C/C(=O)[O-].O.[Na+]. The first-order valence-corrected chi connectivity index (χ1v) is 1.61. The van der Waals surface area contributed by atoms with E-state index in [4.69, 9.17) is 0 Å². The smallest absolute Gasteiger partial charge is 0.545 e. The molecule has 0 aromatic rings. The van der Waals surface area contributed by atoms with E-state index in [1.54, 1.807) is 6.92 Å². The van der Waals surface area contributed by atoms with Gasteiger partial charge >= 0.3 is 29.6 Å². The van der Waals surface area contributed by atoms with Crippen molar-refractivity contribution in [1.82, 2.24) is 0 Å². The van der Waals surface area contributed by atoms with Crippen molar-refractivity contribution in [1.29, 1.82) is 0 Å². The first-order chi connectivity index (χ1) is 2.77. The molecule has 0 aromatic heterocycles. The molecule has 0 bridgehead atoms. The number of carboxylic acids is 1. The number of rotatable bonds is 1. The molecule has 0 saturated heterocycles. The molecule has 0 aliphatic heterocycles. The zero-order valence-corrected chi connectivity index (χ0v) is 6.97. The summed E-state index contributed by atoms with van der Waals surface area (Å²) in [4.78, 5) is 9.40. The number of allylic oxidation sites excluding steroid dienone is 1. The Labute approximate surface area is 70.0 Å². The minimum Gasteiger partial charge on any atom is -0.545 e. The summed E-state index contributed by atoms with van der Waals surface area (Å²) < 4.78 is 0. The zero-order chi connectivity index (χ0) is 4.99. The maximum atomic E-state index is 9.40. The van der Waals surface area contributed by atoms with E-state index in [0.29, 0.717) is 0 Å². The second-order valence-electron chi connectivity index (χ2n) is 0.819. The number of aliphatic carboxylic acids is 1. The molecule has 0 aliphatic carbocycles. The topological polar surface area (TPSA) is 71.6 Å². The van der Waals surface area contributed by atoms with E-state index in [1.165, 1.54) is 6.08 Å². The van der Waals surface area contributed by atoms with Gasteiger partial charge in [-0.1, -0.05) is 6.08 Å². The van der Waals surface area contributed by atoms with Crippen LogP contribution in [-0.2, 0) is 4.79 Å². The molecule has 8 heavy (non-hydrogen) atoms. The van der Waals surface area contributed by atoms with Gasteiger partial charge in [-0.15, -0.1) is 0 Å². The molecule has 0 unspecified atom stereocenters. The molecule has 0 saturated carbocycles. The Hall–Kier alpha value is 0.170. The third-order valence-corrected chi connectivity index (χ3v) is 0.303. The van der Waals surface area contributed by atoms with Crippen molar-refractivity contribution < 1.29 is 44.9 Å². The Balaban J connectivity index is -0.000000125. The van der Waals surface area contributed by atoms with Crippen molar-refractivity contribution in [2.45, 2.75) is 6.92 Å². The van der Waals surface area contributed by atoms with Crippen molar-refractivity contribution >= 4 is 5.97 Å². The summed E-state index contributed by atoms with van der Waals surface area (Å²) in [7, 11) is 0. The molecule has 0 atom stereocenters. The fourth-order valence-electron chi connectivity index (χ4n) is 0.136. The van der Waals surface area contributed by atoms with Crippen LogP contribution >= 0.6 is 0 Å². The van der Waals surface area contributed by atoms with Gasteiger partial charge in [0, 0.05) is 0 Å². The summed E-state index contributed by atoms with van der Waals surface area (Å²) in [5.41, 5.74) is 0. The molecular formula is C4H7NaO3. The van der Waals surface area contributed by atoms with Crippen LogP contribution in [0.25, 0.3) is 0 Å². The van der Waals surface area contributed by atoms with Crippen LogP contribution in [0.1, 0.15) is 6.92 Å². The van der Waals surface area contributed by atoms with Crippen LogP contribution in [0.5, 0.6) is 0 Å². The van der Waals surface area contributed by atoms with Crippen LogP contribution in [0.15, 0.2) is 12.2 Å². The predicted octanol–water partition coefficient (Wildman–Crippen LogP) is -4.51. The molecule has 0 radical (unpaired) electrons. The molecule has 0 fully saturated rings. The second kappa shape index (κ2) is 10.2. The van der Waals surface area contributed by atoms with Gasteiger partial charge in [-0.2, -0.15) is 0 Å². The summed E-state index contributed by atoms with van der Waals surface area (Å²) in [5, 5.41) is 9.40. The fourth-order valence-corrected chi connectivity index (χ4v) is 0.136. The molecule has 0 aliphatic rings. The van der Waals surface area contributed by atoms with E-state index in [0.717, 1.165) is 6.08 Å². The molecule has 0 rings (SSSR count). The number of hydrogen-bond acceptors (Lipinski definition) is 2. The van der Waals surface area contributed by atoms with E-state index in [-0.39, 0.29) is 35.0 Å². The molecule has 4 heteroatoms. The van der Waals surface area contributed by atoms with E-state index < -0.39 is 5.97 Å². The van der Waals surface area contributed by atoms with E-state index in [2.05, 4.69) is 0 Å². The maximum Gasteiger partial charge on any atom is 1.00 e. The van der Waals surface area contributed by atoms with Crippen LogP contribution in [0.4, 0.5) is 0 Å².